The van der Waals surface area contributed by atoms with Crippen LogP contribution in [0.5, 0.6) is 11.5 Å². The van der Waals surface area contributed by atoms with Crippen LogP contribution in [0.25, 0.3) is 5.57 Å². The first-order chi connectivity index (χ1) is 15.0. The van der Waals surface area contributed by atoms with Gasteiger partial charge in [0.05, 0.1) is 7.11 Å². The molecule has 0 fully saturated rings. The molecule has 0 saturated carbocycles. The zero-order valence-corrected chi connectivity index (χ0v) is 19.5. The molecule has 31 heavy (non-hydrogen) atoms. The Hall–Kier alpha value is -2.79. The fraction of sp³-hybridized carbons (Fsp3) is 0.423. The molecule has 1 amide bonds. The van der Waals surface area contributed by atoms with Crippen LogP contribution in [0.1, 0.15) is 46.1 Å². The Balaban J connectivity index is 2.08. The molecular weight excluding hydrogens is 388 g/mol. The number of anilines is 1. The Kier molecular flexibility index (Phi) is 10.1. The van der Waals surface area contributed by atoms with E-state index in [2.05, 4.69) is 24.1 Å². The average molecular weight is 425 g/mol. The number of nitrogens with one attached hydrogen (secondary N) is 1. The summed E-state index contributed by atoms with van der Waals surface area (Å²) in [6.07, 6.45) is 2.25. The second-order valence-corrected chi connectivity index (χ2v) is 7.63. The first-order valence-corrected chi connectivity index (χ1v) is 11.1. The van der Waals surface area contributed by atoms with Crippen molar-refractivity contribution in [2.45, 2.75) is 40.5 Å². The minimum atomic E-state index is -0.130. The van der Waals surface area contributed by atoms with E-state index in [1.807, 2.05) is 62.4 Å². The lowest BCUT2D eigenvalue weighted by Gasteiger charge is -2.21. The highest BCUT2D eigenvalue weighted by molar-refractivity contribution is 6.08. The van der Waals surface area contributed by atoms with Crippen molar-refractivity contribution in [3.05, 3.63) is 59.7 Å². The van der Waals surface area contributed by atoms with Crippen LogP contribution in [0.3, 0.4) is 0 Å². The number of carbonyl (C=O) groups excluding carboxylic acids is 1. The molecule has 0 bridgehead atoms. The lowest BCUT2D eigenvalue weighted by Crippen LogP contribution is -2.30. The zero-order chi connectivity index (χ0) is 22.6. The van der Waals surface area contributed by atoms with Crippen LogP contribution in [-0.4, -0.2) is 44.2 Å². The first-order valence-electron chi connectivity index (χ1n) is 11.1. The van der Waals surface area contributed by atoms with Gasteiger partial charge in [-0.05, 0) is 63.0 Å². The fourth-order valence-electron chi connectivity index (χ4n) is 3.42. The van der Waals surface area contributed by atoms with Gasteiger partial charge in [-0.3, -0.25) is 9.69 Å². The molecule has 0 heterocycles. The normalized spacial score (nSPS) is 11.8. The predicted molar refractivity (Wildman–Crippen MR) is 129 cm³/mol. The van der Waals surface area contributed by atoms with Gasteiger partial charge < -0.3 is 14.8 Å². The minimum absolute atomic E-state index is 0.130. The molecule has 0 spiro atoms. The molecule has 1 N–H and O–H groups in total. The molecule has 2 aromatic carbocycles. The number of hydrogen-bond acceptors (Lipinski definition) is 4. The summed E-state index contributed by atoms with van der Waals surface area (Å²) in [6, 6.07) is 15.4. The van der Waals surface area contributed by atoms with Crippen LogP contribution in [0.2, 0.25) is 0 Å². The van der Waals surface area contributed by atoms with E-state index < -0.39 is 0 Å². The van der Waals surface area contributed by atoms with E-state index >= 15 is 0 Å². The predicted octanol–water partition coefficient (Wildman–Crippen LogP) is 5.63. The van der Waals surface area contributed by atoms with Gasteiger partial charge in [0.25, 0.3) is 5.91 Å². The quantitative estimate of drug-likeness (QED) is 0.449. The number of nitrogens with zero attached hydrogens (tertiary/aromatic N) is 1. The van der Waals surface area contributed by atoms with Crippen molar-refractivity contribution in [3.63, 3.8) is 0 Å². The van der Waals surface area contributed by atoms with Gasteiger partial charge >= 0.3 is 0 Å². The standard InChI is InChI=1S/C26H36N2O3/c1-6-15-28(16-7-2)17-18-31-25-19-23(13-14-24(25)30-5)27-26(29)21(4)20(3)22-11-9-8-10-12-22/h8-14,19H,6-7,15-18H2,1-5H3,(H,27,29). The van der Waals surface area contributed by atoms with Crippen LogP contribution in [0.4, 0.5) is 5.69 Å². The molecule has 0 aliphatic carbocycles. The van der Waals surface area contributed by atoms with Gasteiger partial charge in [0.2, 0.25) is 0 Å². The third kappa shape index (κ3) is 7.44. The molecule has 2 aromatic rings. The lowest BCUT2D eigenvalue weighted by molar-refractivity contribution is -0.112. The van der Waals surface area contributed by atoms with E-state index in [-0.39, 0.29) is 5.91 Å². The van der Waals surface area contributed by atoms with Crippen molar-refractivity contribution < 1.29 is 14.3 Å². The summed E-state index contributed by atoms with van der Waals surface area (Å²) in [5.41, 5.74) is 3.35. The van der Waals surface area contributed by atoms with Crippen molar-refractivity contribution in [2.24, 2.45) is 0 Å². The smallest absolute Gasteiger partial charge is 0.251 e. The van der Waals surface area contributed by atoms with E-state index in [1.165, 1.54) is 0 Å². The number of carbonyl (C=O) groups is 1. The zero-order valence-electron chi connectivity index (χ0n) is 19.5. The molecular formula is C26H36N2O3. The van der Waals surface area contributed by atoms with E-state index in [1.54, 1.807) is 7.11 Å². The highest BCUT2D eigenvalue weighted by atomic mass is 16.5. The van der Waals surface area contributed by atoms with Crippen molar-refractivity contribution >= 4 is 17.2 Å². The highest BCUT2D eigenvalue weighted by Crippen LogP contribution is 2.30. The maximum atomic E-state index is 12.8. The fourth-order valence-corrected chi connectivity index (χ4v) is 3.42. The Morgan fingerprint density at radius 1 is 0.935 bits per heavy atom. The second kappa shape index (κ2) is 12.8. The van der Waals surface area contributed by atoms with E-state index in [0.717, 1.165) is 43.6 Å². The Morgan fingerprint density at radius 2 is 1.61 bits per heavy atom. The molecule has 0 atom stereocenters. The number of ether oxygens (including phenoxy) is 2. The Labute approximate surface area is 187 Å². The number of rotatable bonds is 12. The van der Waals surface area contributed by atoms with E-state index in [4.69, 9.17) is 9.47 Å². The second-order valence-electron chi connectivity index (χ2n) is 7.63. The van der Waals surface area contributed by atoms with Crippen molar-refractivity contribution in [2.75, 3.05) is 38.7 Å². The number of amides is 1. The number of methoxy groups -OCH3 is 1. The molecule has 0 aliphatic heterocycles. The first kappa shape index (κ1) is 24.5. The molecule has 2 rings (SSSR count). The van der Waals surface area contributed by atoms with Gasteiger partial charge in [-0.15, -0.1) is 0 Å². The Bertz CT molecular complexity index is 856. The maximum Gasteiger partial charge on any atom is 0.251 e. The van der Waals surface area contributed by atoms with Gasteiger partial charge in [-0.2, -0.15) is 0 Å². The maximum absolute atomic E-state index is 12.8. The van der Waals surface area contributed by atoms with E-state index in [9.17, 15) is 4.79 Å². The molecule has 0 unspecified atom stereocenters. The molecule has 5 heteroatoms. The van der Waals surface area contributed by atoms with Crippen molar-refractivity contribution in [3.8, 4) is 11.5 Å². The van der Waals surface area contributed by atoms with Gasteiger partial charge in [0, 0.05) is 23.9 Å². The summed E-state index contributed by atoms with van der Waals surface area (Å²) in [7, 11) is 1.62. The molecule has 0 radical (unpaired) electrons. The van der Waals surface area contributed by atoms with Crippen molar-refractivity contribution in [1.29, 1.82) is 0 Å². The number of allylic oxidation sites excluding steroid dienone is 1. The third-order valence-corrected chi connectivity index (χ3v) is 5.28. The third-order valence-electron chi connectivity index (χ3n) is 5.28. The number of benzene rings is 2. The Morgan fingerprint density at radius 3 is 2.23 bits per heavy atom. The van der Waals surface area contributed by atoms with Crippen molar-refractivity contribution in [1.82, 2.24) is 4.90 Å². The van der Waals surface area contributed by atoms with Crippen LogP contribution in [0.15, 0.2) is 54.1 Å². The van der Waals surface area contributed by atoms with E-state index in [0.29, 0.717) is 29.4 Å². The van der Waals surface area contributed by atoms with Gasteiger partial charge in [-0.25, -0.2) is 0 Å². The van der Waals surface area contributed by atoms with Gasteiger partial charge in [0.15, 0.2) is 11.5 Å². The van der Waals surface area contributed by atoms with Crippen LogP contribution >= 0.6 is 0 Å². The average Bonchev–Trinajstić information content (AvgIpc) is 2.79. The summed E-state index contributed by atoms with van der Waals surface area (Å²) >= 11 is 0. The van der Waals surface area contributed by atoms with Gasteiger partial charge in [0.1, 0.15) is 6.61 Å². The molecule has 0 saturated heterocycles. The molecule has 5 nitrogen and oxygen atoms in total. The highest BCUT2D eigenvalue weighted by Gasteiger charge is 2.12. The lowest BCUT2D eigenvalue weighted by atomic mass is 10.0. The summed E-state index contributed by atoms with van der Waals surface area (Å²) in [6.45, 7) is 11.7. The summed E-state index contributed by atoms with van der Waals surface area (Å²) < 4.78 is 11.5. The summed E-state index contributed by atoms with van der Waals surface area (Å²) in [4.78, 5) is 15.2. The molecule has 0 aliphatic rings. The molecule has 168 valence electrons. The largest absolute Gasteiger partial charge is 0.493 e. The number of hydrogen-bond donors (Lipinski definition) is 1. The van der Waals surface area contributed by atoms with Crippen LogP contribution in [0, 0.1) is 0 Å². The molecule has 0 aromatic heterocycles. The summed E-state index contributed by atoms with van der Waals surface area (Å²) in [5.74, 6) is 1.16. The SMILES string of the molecule is CCCN(CCC)CCOc1cc(NC(=O)C(C)=C(C)c2ccccc2)ccc1OC. The summed E-state index contributed by atoms with van der Waals surface area (Å²) in [5, 5.41) is 2.98. The minimum Gasteiger partial charge on any atom is -0.493 e. The topological polar surface area (TPSA) is 50.8 Å². The van der Waals surface area contributed by atoms with Gasteiger partial charge in [-0.1, -0.05) is 44.2 Å². The van der Waals surface area contributed by atoms with Crippen LogP contribution in [-0.2, 0) is 4.79 Å². The van der Waals surface area contributed by atoms with Crippen LogP contribution < -0.4 is 14.8 Å². The monoisotopic (exact) mass is 424 g/mol.